The lowest BCUT2D eigenvalue weighted by molar-refractivity contribution is 0.0934. The Hall–Kier alpha value is -1.33. The van der Waals surface area contributed by atoms with E-state index >= 15 is 0 Å². The van der Waals surface area contributed by atoms with Crippen LogP contribution in [0.3, 0.4) is 0 Å². The molecule has 1 aliphatic rings. The molecular weight excluding hydrogens is 306 g/mol. The van der Waals surface area contributed by atoms with Crippen LogP contribution in [0.4, 0.5) is 0 Å². The van der Waals surface area contributed by atoms with Gasteiger partial charge in [-0.3, -0.25) is 4.79 Å². The molecule has 3 rings (SSSR count). The quantitative estimate of drug-likeness (QED) is 0.892. The van der Waals surface area contributed by atoms with Gasteiger partial charge in [-0.2, -0.15) is 0 Å². The van der Waals surface area contributed by atoms with Crippen LogP contribution >= 0.6 is 15.9 Å². The first-order valence-corrected chi connectivity index (χ1v) is 7.19. The minimum atomic E-state index is -0.0207. The van der Waals surface area contributed by atoms with Gasteiger partial charge in [-0.1, -0.05) is 22.0 Å². The van der Waals surface area contributed by atoms with Crippen LogP contribution in [0.25, 0.3) is 10.9 Å². The first-order chi connectivity index (χ1) is 9.11. The third kappa shape index (κ3) is 2.67. The number of likely N-dealkylation sites (N-methyl/N-ethyl adjacent to an activating group) is 1. The number of carbonyl (C=O) groups excluding carboxylic acids is 1. The molecule has 1 amide bonds. The molecule has 1 fully saturated rings. The lowest BCUT2D eigenvalue weighted by Gasteiger charge is -2.11. The highest BCUT2D eigenvalue weighted by atomic mass is 79.9. The fourth-order valence-corrected chi connectivity index (χ4v) is 2.90. The van der Waals surface area contributed by atoms with Crippen molar-refractivity contribution in [3.05, 3.63) is 34.4 Å². The van der Waals surface area contributed by atoms with Crippen LogP contribution in [0.15, 0.2) is 28.7 Å². The number of benzene rings is 1. The maximum atomic E-state index is 12.2. The lowest BCUT2D eigenvalue weighted by Crippen LogP contribution is -2.36. The summed E-state index contributed by atoms with van der Waals surface area (Å²) in [6, 6.07) is 8.11. The normalized spacial score (nSPS) is 20.0. The van der Waals surface area contributed by atoms with Crippen molar-refractivity contribution in [3.8, 4) is 0 Å². The fourth-order valence-electron chi connectivity index (χ4n) is 2.54. The van der Waals surface area contributed by atoms with Crippen molar-refractivity contribution in [2.45, 2.75) is 12.5 Å². The molecule has 1 atom stereocenters. The van der Waals surface area contributed by atoms with E-state index in [0.717, 1.165) is 34.9 Å². The van der Waals surface area contributed by atoms with Crippen molar-refractivity contribution in [2.24, 2.45) is 0 Å². The standard InChI is InChI=1S/C14H16BrN3O/c1-18-5-4-11(8-18)16-14(19)13-6-9-2-3-10(15)7-12(9)17-13/h2-3,6-7,11,17H,4-5,8H2,1H3,(H,16,19)/t11-/m1/s1. The number of aromatic amines is 1. The number of nitrogens with zero attached hydrogens (tertiary/aromatic N) is 1. The fraction of sp³-hybridized carbons (Fsp3) is 0.357. The van der Waals surface area contributed by atoms with E-state index in [1.807, 2.05) is 24.3 Å². The summed E-state index contributed by atoms with van der Waals surface area (Å²) in [4.78, 5) is 17.6. The van der Waals surface area contributed by atoms with E-state index in [4.69, 9.17) is 0 Å². The highest BCUT2D eigenvalue weighted by Gasteiger charge is 2.22. The highest BCUT2D eigenvalue weighted by molar-refractivity contribution is 9.10. The topological polar surface area (TPSA) is 48.1 Å². The smallest absolute Gasteiger partial charge is 0.267 e. The number of likely N-dealkylation sites (tertiary alicyclic amines) is 1. The van der Waals surface area contributed by atoms with Gasteiger partial charge in [0.2, 0.25) is 0 Å². The molecule has 0 spiro atoms. The van der Waals surface area contributed by atoms with Crippen LogP contribution in [-0.2, 0) is 0 Å². The van der Waals surface area contributed by atoms with Crippen LogP contribution in [0.1, 0.15) is 16.9 Å². The van der Waals surface area contributed by atoms with Crippen LogP contribution in [-0.4, -0.2) is 42.0 Å². The number of rotatable bonds is 2. The third-order valence-electron chi connectivity index (χ3n) is 3.56. The Morgan fingerprint density at radius 1 is 1.47 bits per heavy atom. The second-order valence-corrected chi connectivity index (χ2v) is 6.05. The second kappa shape index (κ2) is 4.98. The largest absolute Gasteiger partial charge is 0.350 e. The van der Waals surface area contributed by atoms with Crippen molar-refractivity contribution >= 4 is 32.7 Å². The monoisotopic (exact) mass is 321 g/mol. The summed E-state index contributed by atoms with van der Waals surface area (Å²) in [5.74, 6) is -0.0207. The average molecular weight is 322 g/mol. The van der Waals surface area contributed by atoms with Gasteiger partial charge in [-0.05, 0) is 38.2 Å². The number of amides is 1. The molecule has 1 aromatic heterocycles. The van der Waals surface area contributed by atoms with Gasteiger partial charge < -0.3 is 15.2 Å². The van der Waals surface area contributed by atoms with Gasteiger partial charge in [0, 0.05) is 28.0 Å². The van der Waals surface area contributed by atoms with Crippen molar-refractivity contribution in [2.75, 3.05) is 20.1 Å². The van der Waals surface area contributed by atoms with Gasteiger partial charge in [0.25, 0.3) is 5.91 Å². The number of H-pyrrole nitrogens is 1. The number of carbonyl (C=O) groups is 1. The Labute approximate surface area is 120 Å². The molecule has 1 aromatic carbocycles. The summed E-state index contributed by atoms with van der Waals surface area (Å²) in [7, 11) is 2.08. The Balaban J connectivity index is 1.78. The SMILES string of the molecule is CN1CC[C@@H](NC(=O)c2cc3ccc(Br)cc3[nH]2)C1. The molecule has 2 heterocycles. The Morgan fingerprint density at radius 2 is 2.32 bits per heavy atom. The first kappa shape index (κ1) is 12.7. The van der Waals surface area contributed by atoms with Crippen LogP contribution in [0.2, 0.25) is 0 Å². The average Bonchev–Trinajstić information content (AvgIpc) is 2.95. The highest BCUT2D eigenvalue weighted by Crippen LogP contribution is 2.20. The van der Waals surface area contributed by atoms with Gasteiger partial charge in [0.15, 0.2) is 0 Å². The van der Waals surface area contributed by atoms with Crippen molar-refractivity contribution in [1.29, 1.82) is 0 Å². The number of hydrogen-bond acceptors (Lipinski definition) is 2. The zero-order chi connectivity index (χ0) is 13.4. The number of halogens is 1. The molecule has 19 heavy (non-hydrogen) atoms. The van der Waals surface area contributed by atoms with Gasteiger partial charge in [0.1, 0.15) is 5.69 Å². The van der Waals surface area contributed by atoms with Gasteiger partial charge >= 0.3 is 0 Å². The van der Waals surface area contributed by atoms with Crippen LogP contribution in [0, 0.1) is 0 Å². The van der Waals surface area contributed by atoms with Gasteiger partial charge in [0.05, 0.1) is 0 Å². The van der Waals surface area contributed by atoms with E-state index in [9.17, 15) is 4.79 Å². The molecule has 0 bridgehead atoms. The molecule has 1 aliphatic heterocycles. The predicted molar refractivity (Wildman–Crippen MR) is 79.4 cm³/mol. The zero-order valence-electron chi connectivity index (χ0n) is 10.7. The molecule has 1 saturated heterocycles. The predicted octanol–water partition coefficient (Wildman–Crippen LogP) is 2.36. The summed E-state index contributed by atoms with van der Waals surface area (Å²) in [5, 5.41) is 4.13. The van der Waals surface area contributed by atoms with Crippen molar-refractivity contribution in [1.82, 2.24) is 15.2 Å². The summed E-state index contributed by atoms with van der Waals surface area (Å²) in [5.41, 5.74) is 1.60. The summed E-state index contributed by atoms with van der Waals surface area (Å²) in [6.07, 6.45) is 1.02. The van der Waals surface area contributed by atoms with E-state index in [0.29, 0.717) is 5.69 Å². The maximum absolute atomic E-state index is 12.2. The Bertz CT molecular complexity index is 622. The van der Waals surface area contributed by atoms with E-state index in [2.05, 4.69) is 38.2 Å². The van der Waals surface area contributed by atoms with E-state index in [1.54, 1.807) is 0 Å². The second-order valence-electron chi connectivity index (χ2n) is 5.14. The molecule has 0 unspecified atom stereocenters. The molecule has 4 nitrogen and oxygen atoms in total. The Kier molecular flexibility index (Phi) is 3.33. The number of nitrogens with one attached hydrogen (secondary N) is 2. The molecule has 0 radical (unpaired) electrons. The minimum Gasteiger partial charge on any atom is -0.350 e. The molecule has 2 N–H and O–H groups in total. The number of fused-ring (bicyclic) bond motifs is 1. The van der Waals surface area contributed by atoms with E-state index in [1.165, 1.54) is 0 Å². The maximum Gasteiger partial charge on any atom is 0.267 e. The third-order valence-corrected chi connectivity index (χ3v) is 4.05. The number of aromatic nitrogens is 1. The molecule has 0 aliphatic carbocycles. The van der Waals surface area contributed by atoms with Gasteiger partial charge in [-0.15, -0.1) is 0 Å². The number of hydrogen-bond donors (Lipinski definition) is 2. The Morgan fingerprint density at radius 3 is 3.05 bits per heavy atom. The van der Waals surface area contributed by atoms with Crippen molar-refractivity contribution < 1.29 is 4.79 Å². The van der Waals surface area contributed by atoms with Crippen molar-refractivity contribution in [3.63, 3.8) is 0 Å². The molecule has 5 heteroatoms. The molecule has 0 saturated carbocycles. The molecule has 100 valence electrons. The first-order valence-electron chi connectivity index (χ1n) is 6.39. The molecule has 2 aromatic rings. The van der Waals surface area contributed by atoms with Crippen LogP contribution < -0.4 is 5.32 Å². The molecular formula is C14H16BrN3O. The summed E-state index contributed by atoms with van der Waals surface area (Å²) >= 11 is 3.43. The zero-order valence-corrected chi connectivity index (χ0v) is 12.3. The van der Waals surface area contributed by atoms with E-state index in [-0.39, 0.29) is 11.9 Å². The minimum absolute atomic E-state index is 0.0207. The summed E-state index contributed by atoms with van der Waals surface area (Å²) in [6.45, 7) is 1.97. The lowest BCUT2D eigenvalue weighted by atomic mass is 10.2. The summed E-state index contributed by atoms with van der Waals surface area (Å²) < 4.78 is 1.01. The van der Waals surface area contributed by atoms with Crippen LogP contribution in [0.5, 0.6) is 0 Å². The van der Waals surface area contributed by atoms with Gasteiger partial charge in [-0.25, -0.2) is 0 Å². The van der Waals surface area contributed by atoms with E-state index < -0.39 is 0 Å².